The molecule has 2 aromatic rings. The molecule has 2 rings (SSSR count). The van der Waals surface area contributed by atoms with Crippen LogP contribution in [-0.4, -0.2) is 16.8 Å². The molecule has 0 aliphatic rings. The third kappa shape index (κ3) is 3.09. The number of nitrogens with two attached hydrogens (primary N) is 2. The summed E-state index contributed by atoms with van der Waals surface area (Å²) < 4.78 is 48.7. The van der Waals surface area contributed by atoms with Gasteiger partial charge in [-0.15, -0.1) is 0 Å². The van der Waals surface area contributed by atoms with Crippen LogP contribution < -0.4 is 10.9 Å². The first-order valence-electron chi connectivity index (χ1n) is 5.97. The summed E-state index contributed by atoms with van der Waals surface area (Å²) in [5.41, 5.74) is 6.35. The van der Waals surface area contributed by atoms with Crippen LogP contribution in [0.15, 0.2) is 51.1 Å². The number of benzene rings is 2. The van der Waals surface area contributed by atoms with E-state index in [1.165, 1.54) is 30.3 Å². The van der Waals surface area contributed by atoms with Gasteiger partial charge >= 0.3 is 0 Å². The van der Waals surface area contributed by atoms with Gasteiger partial charge in [-0.05, 0) is 42.8 Å². The highest BCUT2D eigenvalue weighted by Crippen LogP contribution is 2.30. The summed E-state index contributed by atoms with van der Waals surface area (Å²) in [5.74, 6) is 0. The second-order valence-corrected chi connectivity index (χ2v) is 8.54. The highest BCUT2D eigenvalue weighted by atomic mass is 35.5. The summed E-state index contributed by atoms with van der Waals surface area (Å²) >= 11 is 5.84. The van der Waals surface area contributed by atoms with E-state index in [1.54, 1.807) is 6.92 Å². The quantitative estimate of drug-likeness (QED) is 0.807. The maximum atomic E-state index is 12.7. The van der Waals surface area contributed by atoms with E-state index < -0.39 is 29.7 Å². The van der Waals surface area contributed by atoms with E-state index in [0.717, 1.165) is 6.07 Å². The Morgan fingerprint density at radius 1 is 0.955 bits per heavy atom. The fraction of sp³-hybridized carbons (Fsp3) is 0.0769. The molecule has 0 unspecified atom stereocenters. The van der Waals surface area contributed by atoms with Gasteiger partial charge in [0.1, 0.15) is 4.90 Å². The fourth-order valence-corrected chi connectivity index (χ4v) is 4.83. The predicted octanol–water partition coefficient (Wildman–Crippen LogP) is 1.71. The van der Waals surface area contributed by atoms with Crippen LogP contribution in [0, 0.1) is 6.92 Å². The predicted molar refractivity (Wildman–Crippen MR) is 83.9 cm³/mol. The molecular formula is C13H13ClN2O4S2. The van der Waals surface area contributed by atoms with Gasteiger partial charge in [-0.25, -0.2) is 22.0 Å². The number of aryl methyl sites for hydroxylation is 1. The number of nitrogen functional groups attached to an aromatic ring is 1. The van der Waals surface area contributed by atoms with Crippen molar-refractivity contribution in [3.05, 3.63) is 47.0 Å². The smallest absolute Gasteiger partial charge is 0.239 e. The van der Waals surface area contributed by atoms with Crippen LogP contribution in [0.2, 0.25) is 5.02 Å². The molecule has 0 aliphatic carbocycles. The van der Waals surface area contributed by atoms with Crippen LogP contribution in [0.3, 0.4) is 0 Å². The largest absolute Gasteiger partial charge is 0.398 e. The van der Waals surface area contributed by atoms with E-state index in [9.17, 15) is 16.8 Å². The number of primary sulfonamides is 1. The molecule has 0 heterocycles. The van der Waals surface area contributed by atoms with Gasteiger partial charge in [0.2, 0.25) is 19.9 Å². The van der Waals surface area contributed by atoms with Crippen LogP contribution in [0.5, 0.6) is 0 Å². The number of rotatable bonds is 3. The average molecular weight is 361 g/mol. The van der Waals surface area contributed by atoms with Gasteiger partial charge in [0, 0.05) is 0 Å². The minimum atomic E-state index is -4.20. The molecule has 0 radical (unpaired) electrons. The van der Waals surface area contributed by atoms with E-state index in [-0.39, 0.29) is 15.6 Å². The van der Waals surface area contributed by atoms with Gasteiger partial charge in [0.05, 0.1) is 20.5 Å². The van der Waals surface area contributed by atoms with Crippen molar-refractivity contribution >= 4 is 37.1 Å². The van der Waals surface area contributed by atoms with Crippen molar-refractivity contribution < 1.29 is 16.8 Å². The number of hydrogen-bond acceptors (Lipinski definition) is 5. The van der Waals surface area contributed by atoms with Crippen LogP contribution in [0.25, 0.3) is 0 Å². The summed E-state index contributed by atoms with van der Waals surface area (Å²) in [7, 11) is -8.31. The van der Waals surface area contributed by atoms with Gasteiger partial charge in [0.15, 0.2) is 0 Å². The fourth-order valence-electron chi connectivity index (χ4n) is 1.86. The van der Waals surface area contributed by atoms with Crippen LogP contribution >= 0.6 is 11.6 Å². The molecule has 2 aromatic carbocycles. The molecule has 0 saturated carbocycles. The molecule has 4 N–H and O–H groups in total. The number of sulfonamides is 1. The Bertz CT molecular complexity index is 954. The normalized spacial score (nSPS) is 12.3. The summed E-state index contributed by atoms with van der Waals surface area (Å²) in [6, 6.07) is 7.64. The standard InChI is InChI=1S/C13H13ClN2O4S2/c1-8-2-5-12(22(16,19)20)13(6-8)21(17,18)9-3-4-11(15)10(14)7-9/h2-7H,15H2,1H3,(H2,16,19,20). The van der Waals surface area contributed by atoms with Gasteiger partial charge < -0.3 is 5.73 Å². The molecular weight excluding hydrogens is 348 g/mol. The third-order valence-corrected chi connectivity index (χ3v) is 6.19. The number of hydrogen-bond donors (Lipinski definition) is 2. The zero-order valence-corrected chi connectivity index (χ0v) is 13.8. The molecule has 118 valence electrons. The SMILES string of the molecule is Cc1ccc(S(N)(=O)=O)c(S(=O)(=O)c2ccc(N)c(Cl)c2)c1. The monoisotopic (exact) mass is 360 g/mol. The van der Waals surface area contributed by atoms with Gasteiger partial charge in [-0.3, -0.25) is 0 Å². The van der Waals surface area contributed by atoms with Crippen LogP contribution in [0.1, 0.15) is 5.56 Å². The Hall–Kier alpha value is -1.61. The summed E-state index contributed by atoms with van der Waals surface area (Å²) in [4.78, 5) is -1.02. The van der Waals surface area contributed by atoms with E-state index in [0.29, 0.717) is 5.56 Å². The molecule has 0 fully saturated rings. The zero-order valence-electron chi connectivity index (χ0n) is 11.4. The van der Waals surface area contributed by atoms with Crippen molar-refractivity contribution in [2.75, 3.05) is 5.73 Å². The van der Waals surface area contributed by atoms with Crippen LogP contribution in [-0.2, 0) is 19.9 Å². The van der Waals surface area contributed by atoms with E-state index in [4.69, 9.17) is 22.5 Å². The second-order valence-electron chi connectivity index (χ2n) is 4.68. The minimum absolute atomic E-state index is 0.0610. The topological polar surface area (TPSA) is 120 Å². The lowest BCUT2D eigenvalue weighted by molar-refractivity contribution is 0.583. The summed E-state index contributed by atoms with van der Waals surface area (Å²) in [6.45, 7) is 1.64. The Labute approximate surface area is 133 Å². The van der Waals surface area contributed by atoms with Crippen molar-refractivity contribution in [3.8, 4) is 0 Å². The Kier molecular flexibility index (Phi) is 4.22. The number of anilines is 1. The van der Waals surface area contributed by atoms with E-state index in [1.807, 2.05) is 0 Å². The lowest BCUT2D eigenvalue weighted by Crippen LogP contribution is -2.17. The highest BCUT2D eigenvalue weighted by molar-refractivity contribution is 7.93. The number of sulfone groups is 1. The molecule has 9 heteroatoms. The van der Waals surface area contributed by atoms with Gasteiger partial charge in [-0.2, -0.15) is 0 Å². The first-order valence-corrected chi connectivity index (χ1v) is 9.38. The van der Waals surface area contributed by atoms with Crippen molar-refractivity contribution in [2.24, 2.45) is 5.14 Å². The third-order valence-electron chi connectivity index (χ3n) is 2.98. The molecule has 0 bridgehead atoms. The lowest BCUT2D eigenvalue weighted by atomic mass is 10.2. The lowest BCUT2D eigenvalue weighted by Gasteiger charge is -2.11. The Balaban J connectivity index is 2.79. The second kappa shape index (κ2) is 5.54. The molecule has 0 saturated heterocycles. The maximum absolute atomic E-state index is 12.7. The molecule has 22 heavy (non-hydrogen) atoms. The van der Waals surface area contributed by atoms with E-state index >= 15 is 0 Å². The van der Waals surface area contributed by atoms with Gasteiger partial charge in [-0.1, -0.05) is 17.7 Å². The first-order chi connectivity index (χ1) is 10.0. The van der Waals surface area contributed by atoms with Gasteiger partial charge in [0.25, 0.3) is 0 Å². The zero-order chi connectivity index (χ0) is 16.7. The van der Waals surface area contributed by atoms with Crippen molar-refractivity contribution in [1.29, 1.82) is 0 Å². The van der Waals surface area contributed by atoms with Crippen molar-refractivity contribution in [1.82, 2.24) is 0 Å². The highest BCUT2D eigenvalue weighted by Gasteiger charge is 2.26. The Morgan fingerprint density at radius 2 is 1.59 bits per heavy atom. The average Bonchev–Trinajstić information content (AvgIpc) is 2.40. The molecule has 6 nitrogen and oxygen atoms in total. The Morgan fingerprint density at radius 3 is 2.14 bits per heavy atom. The van der Waals surface area contributed by atoms with Crippen molar-refractivity contribution in [2.45, 2.75) is 21.6 Å². The molecule has 0 spiro atoms. The number of halogens is 1. The minimum Gasteiger partial charge on any atom is -0.398 e. The summed E-state index contributed by atoms with van der Waals surface area (Å²) in [5, 5.41) is 5.16. The molecule has 0 amide bonds. The molecule has 0 atom stereocenters. The summed E-state index contributed by atoms with van der Waals surface area (Å²) in [6.07, 6.45) is 0. The van der Waals surface area contributed by atoms with Crippen LogP contribution in [0.4, 0.5) is 5.69 Å². The molecule has 0 aromatic heterocycles. The van der Waals surface area contributed by atoms with Crippen molar-refractivity contribution in [3.63, 3.8) is 0 Å². The maximum Gasteiger partial charge on any atom is 0.239 e. The van der Waals surface area contributed by atoms with E-state index in [2.05, 4.69) is 0 Å². The first kappa shape index (κ1) is 16.8. The molecule has 0 aliphatic heterocycles.